The standard InChI is InChI=1S/C32H37N3O3/c1-4-7-22-37-28-17-11-25(12-18-28)31-33-30(24-9-15-27(16-10-24)36-21-6-3)34-32(35-31)26-13-19-29(20-14-26)38-23-8-5-2/h9-20H,4-8,21-23H2,1-3H3. The Morgan fingerprint density at radius 3 is 1.03 bits per heavy atom. The topological polar surface area (TPSA) is 66.4 Å². The summed E-state index contributed by atoms with van der Waals surface area (Å²) in [5, 5.41) is 0. The van der Waals surface area contributed by atoms with Crippen molar-refractivity contribution in [3.8, 4) is 51.4 Å². The van der Waals surface area contributed by atoms with Gasteiger partial charge in [-0.1, -0.05) is 33.6 Å². The summed E-state index contributed by atoms with van der Waals surface area (Å²) in [6.45, 7) is 8.52. The van der Waals surface area contributed by atoms with Crippen molar-refractivity contribution in [2.24, 2.45) is 0 Å². The van der Waals surface area contributed by atoms with Crippen LogP contribution in [0.3, 0.4) is 0 Å². The summed E-state index contributed by atoms with van der Waals surface area (Å²) in [6, 6.07) is 23.8. The van der Waals surface area contributed by atoms with Crippen LogP contribution in [-0.2, 0) is 0 Å². The van der Waals surface area contributed by atoms with Gasteiger partial charge in [0.15, 0.2) is 17.5 Å². The molecule has 0 amide bonds. The average Bonchev–Trinajstić information content (AvgIpc) is 2.97. The Morgan fingerprint density at radius 1 is 0.421 bits per heavy atom. The van der Waals surface area contributed by atoms with E-state index < -0.39 is 0 Å². The Morgan fingerprint density at radius 2 is 0.737 bits per heavy atom. The number of aromatic nitrogens is 3. The van der Waals surface area contributed by atoms with Crippen LogP contribution in [0.25, 0.3) is 34.2 Å². The molecule has 38 heavy (non-hydrogen) atoms. The van der Waals surface area contributed by atoms with Gasteiger partial charge in [-0.3, -0.25) is 0 Å². The molecule has 1 aromatic heterocycles. The first-order chi connectivity index (χ1) is 18.7. The van der Waals surface area contributed by atoms with E-state index in [9.17, 15) is 0 Å². The lowest BCUT2D eigenvalue weighted by atomic mass is 10.1. The Bertz CT molecular complexity index is 1190. The predicted octanol–water partition coefficient (Wildman–Crippen LogP) is 8.02. The van der Waals surface area contributed by atoms with E-state index in [-0.39, 0.29) is 0 Å². The van der Waals surface area contributed by atoms with Crippen LogP contribution in [0.4, 0.5) is 0 Å². The van der Waals surface area contributed by atoms with Gasteiger partial charge in [-0.2, -0.15) is 0 Å². The number of hydrogen-bond donors (Lipinski definition) is 0. The Hall–Kier alpha value is -3.93. The van der Waals surface area contributed by atoms with Gasteiger partial charge in [0, 0.05) is 16.7 Å². The zero-order valence-electron chi connectivity index (χ0n) is 22.7. The molecule has 0 fully saturated rings. The van der Waals surface area contributed by atoms with Crippen molar-refractivity contribution in [3.63, 3.8) is 0 Å². The average molecular weight is 512 g/mol. The van der Waals surface area contributed by atoms with Gasteiger partial charge in [-0.05, 0) is 92.1 Å². The highest BCUT2D eigenvalue weighted by atomic mass is 16.5. The van der Waals surface area contributed by atoms with Crippen molar-refractivity contribution in [2.45, 2.75) is 52.9 Å². The predicted molar refractivity (Wildman–Crippen MR) is 153 cm³/mol. The van der Waals surface area contributed by atoms with Crippen LogP contribution in [0.2, 0.25) is 0 Å². The smallest absolute Gasteiger partial charge is 0.164 e. The van der Waals surface area contributed by atoms with Crippen LogP contribution < -0.4 is 14.2 Å². The van der Waals surface area contributed by atoms with E-state index in [1.165, 1.54) is 0 Å². The molecule has 6 heteroatoms. The minimum atomic E-state index is 0.610. The first-order valence-corrected chi connectivity index (χ1v) is 13.7. The molecule has 198 valence electrons. The van der Waals surface area contributed by atoms with E-state index in [0.29, 0.717) is 37.3 Å². The molecule has 6 nitrogen and oxygen atoms in total. The van der Waals surface area contributed by atoms with Crippen LogP contribution in [0.5, 0.6) is 17.2 Å². The first-order valence-electron chi connectivity index (χ1n) is 13.7. The van der Waals surface area contributed by atoms with Gasteiger partial charge >= 0.3 is 0 Å². The zero-order chi connectivity index (χ0) is 26.6. The monoisotopic (exact) mass is 511 g/mol. The third kappa shape index (κ3) is 7.54. The van der Waals surface area contributed by atoms with Crippen LogP contribution in [-0.4, -0.2) is 34.8 Å². The Kier molecular flexibility index (Phi) is 10.1. The fraction of sp³-hybridized carbons (Fsp3) is 0.344. The molecule has 0 unspecified atom stereocenters. The van der Waals surface area contributed by atoms with Crippen LogP contribution in [0.1, 0.15) is 52.9 Å². The van der Waals surface area contributed by atoms with E-state index in [4.69, 9.17) is 29.2 Å². The molecule has 0 bridgehead atoms. The number of benzene rings is 3. The van der Waals surface area contributed by atoms with Gasteiger partial charge in [0.05, 0.1) is 19.8 Å². The maximum Gasteiger partial charge on any atom is 0.164 e. The largest absolute Gasteiger partial charge is 0.494 e. The van der Waals surface area contributed by atoms with E-state index in [0.717, 1.165) is 66.0 Å². The Labute approximate surface area is 226 Å². The lowest BCUT2D eigenvalue weighted by molar-refractivity contribution is 0.309. The molecular formula is C32H37N3O3. The second kappa shape index (κ2) is 14.1. The first kappa shape index (κ1) is 27.1. The quantitative estimate of drug-likeness (QED) is 0.160. The molecule has 0 saturated carbocycles. The number of hydrogen-bond acceptors (Lipinski definition) is 6. The molecule has 4 aromatic rings. The second-order valence-electron chi connectivity index (χ2n) is 9.13. The molecule has 0 saturated heterocycles. The Balaban J connectivity index is 1.65. The van der Waals surface area contributed by atoms with E-state index in [2.05, 4.69) is 20.8 Å². The van der Waals surface area contributed by atoms with Gasteiger partial charge < -0.3 is 14.2 Å². The van der Waals surface area contributed by atoms with Crippen LogP contribution in [0.15, 0.2) is 72.8 Å². The third-order valence-electron chi connectivity index (χ3n) is 5.98. The molecule has 1 heterocycles. The van der Waals surface area contributed by atoms with Crippen molar-refractivity contribution < 1.29 is 14.2 Å². The highest BCUT2D eigenvalue weighted by Gasteiger charge is 2.13. The minimum Gasteiger partial charge on any atom is -0.494 e. The third-order valence-corrected chi connectivity index (χ3v) is 5.98. The lowest BCUT2D eigenvalue weighted by Gasteiger charge is -2.11. The summed E-state index contributed by atoms with van der Waals surface area (Å²) in [6.07, 6.45) is 5.24. The number of unbranched alkanes of at least 4 members (excludes halogenated alkanes) is 2. The number of ether oxygens (including phenoxy) is 3. The summed E-state index contributed by atoms with van der Waals surface area (Å²) in [7, 11) is 0. The van der Waals surface area contributed by atoms with E-state index in [1.807, 2.05) is 72.8 Å². The van der Waals surface area contributed by atoms with Gasteiger partial charge in [0.25, 0.3) is 0 Å². The molecule has 0 atom stereocenters. The van der Waals surface area contributed by atoms with Gasteiger partial charge in [0.1, 0.15) is 17.2 Å². The molecule has 0 aliphatic carbocycles. The maximum absolute atomic E-state index is 5.83. The number of rotatable bonds is 14. The zero-order valence-corrected chi connectivity index (χ0v) is 22.7. The van der Waals surface area contributed by atoms with Crippen LogP contribution >= 0.6 is 0 Å². The van der Waals surface area contributed by atoms with Crippen molar-refractivity contribution in [1.29, 1.82) is 0 Å². The molecule has 4 rings (SSSR count). The summed E-state index contributed by atoms with van der Waals surface area (Å²) in [5.74, 6) is 4.36. The molecule has 0 spiro atoms. The fourth-order valence-corrected chi connectivity index (χ4v) is 3.75. The lowest BCUT2D eigenvalue weighted by Crippen LogP contribution is -2.01. The molecule has 0 N–H and O–H groups in total. The van der Waals surface area contributed by atoms with Crippen molar-refractivity contribution >= 4 is 0 Å². The molecule has 3 aromatic carbocycles. The SMILES string of the molecule is CCCCOc1ccc(-c2nc(-c3ccc(OCCC)cc3)nc(-c3ccc(OCCCC)cc3)n2)cc1. The second-order valence-corrected chi connectivity index (χ2v) is 9.13. The highest BCUT2D eigenvalue weighted by molar-refractivity contribution is 5.67. The molecule has 0 aliphatic heterocycles. The van der Waals surface area contributed by atoms with Crippen molar-refractivity contribution in [3.05, 3.63) is 72.8 Å². The van der Waals surface area contributed by atoms with Crippen molar-refractivity contribution in [2.75, 3.05) is 19.8 Å². The summed E-state index contributed by atoms with van der Waals surface area (Å²) in [4.78, 5) is 14.5. The normalized spacial score (nSPS) is 10.8. The maximum atomic E-state index is 5.83. The fourth-order valence-electron chi connectivity index (χ4n) is 3.75. The van der Waals surface area contributed by atoms with Crippen molar-refractivity contribution in [1.82, 2.24) is 15.0 Å². The summed E-state index contributed by atoms with van der Waals surface area (Å²) >= 11 is 0. The van der Waals surface area contributed by atoms with Gasteiger partial charge in [-0.25, -0.2) is 15.0 Å². The van der Waals surface area contributed by atoms with Gasteiger partial charge in [-0.15, -0.1) is 0 Å². The van der Waals surface area contributed by atoms with E-state index >= 15 is 0 Å². The highest BCUT2D eigenvalue weighted by Crippen LogP contribution is 2.28. The molecule has 0 radical (unpaired) electrons. The molecular weight excluding hydrogens is 474 g/mol. The summed E-state index contributed by atoms with van der Waals surface area (Å²) < 4.78 is 17.4. The minimum absolute atomic E-state index is 0.610. The van der Waals surface area contributed by atoms with Crippen LogP contribution in [0, 0.1) is 0 Å². The van der Waals surface area contributed by atoms with Gasteiger partial charge in [0.2, 0.25) is 0 Å². The number of nitrogens with zero attached hydrogens (tertiary/aromatic N) is 3. The molecule has 0 aliphatic rings. The summed E-state index contributed by atoms with van der Waals surface area (Å²) in [5.41, 5.74) is 2.71. The van der Waals surface area contributed by atoms with E-state index in [1.54, 1.807) is 0 Å².